The maximum atomic E-state index is 10.7. The van der Waals surface area contributed by atoms with Crippen LogP contribution in [0.15, 0.2) is 0 Å². The normalized spacial score (nSPS) is 12.9. The van der Waals surface area contributed by atoms with Gasteiger partial charge in [0.15, 0.2) is 0 Å². The summed E-state index contributed by atoms with van der Waals surface area (Å²) in [6, 6.07) is 0. The number of hydrogen-bond acceptors (Lipinski definition) is 3. The van der Waals surface area contributed by atoms with E-state index in [9.17, 15) is 8.42 Å². The van der Waals surface area contributed by atoms with Crippen molar-refractivity contribution in [3.05, 3.63) is 0 Å². The van der Waals surface area contributed by atoms with Crippen molar-refractivity contribution in [2.24, 2.45) is 5.73 Å². The Labute approximate surface area is 155 Å². The van der Waals surface area contributed by atoms with Crippen LogP contribution in [0, 0.1) is 0 Å². The number of hydrogen-bond donors (Lipinski definition) is 2. The second-order valence-corrected chi connectivity index (χ2v) is 7.37. The van der Waals surface area contributed by atoms with Crippen LogP contribution in [0.2, 0.25) is 0 Å². The van der Waals surface area contributed by atoms with Crippen LogP contribution in [0.3, 0.4) is 0 Å². The number of unbranched alkanes of at least 4 members (excludes halogenated alkanes) is 11. The first-order valence-electron chi connectivity index (χ1n) is 8.20. The SMILES string of the molecule is CCCCCCCCCCCCCCC(N)S(=O)(=O)O.[H-].[Na+]. The van der Waals surface area contributed by atoms with Gasteiger partial charge < -0.3 is 7.16 Å². The molecule has 0 rings (SSSR count). The monoisotopic (exact) mass is 331 g/mol. The molecule has 1 atom stereocenters. The second kappa shape index (κ2) is 15.8. The molecule has 0 aromatic rings. The van der Waals surface area contributed by atoms with Crippen molar-refractivity contribution in [1.29, 1.82) is 0 Å². The first-order chi connectivity index (χ1) is 9.48. The van der Waals surface area contributed by atoms with Gasteiger partial charge in [-0.3, -0.25) is 4.55 Å². The predicted molar refractivity (Wildman–Crippen MR) is 86.3 cm³/mol. The van der Waals surface area contributed by atoms with Crippen molar-refractivity contribution in [2.45, 2.75) is 95.8 Å². The van der Waals surface area contributed by atoms with Crippen LogP contribution >= 0.6 is 0 Å². The van der Waals surface area contributed by atoms with E-state index >= 15 is 0 Å². The van der Waals surface area contributed by atoms with Crippen molar-refractivity contribution in [2.75, 3.05) is 0 Å². The van der Waals surface area contributed by atoms with E-state index < -0.39 is 15.5 Å². The van der Waals surface area contributed by atoms with E-state index in [0.717, 1.165) is 19.3 Å². The zero-order chi connectivity index (χ0) is 15.3. The van der Waals surface area contributed by atoms with Gasteiger partial charge in [-0.05, 0) is 6.42 Å². The summed E-state index contributed by atoms with van der Waals surface area (Å²) >= 11 is 0. The molecule has 0 aliphatic heterocycles. The van der Waals surface area contributed by atoms with E-state index in [-0.39, 0.29) is 31.0 Å². The summed E-state index contributed by atoms with van der Waals surface area (Å²) in [6.07, 6.45) is 15.2. The van der Waals surface area contributed by atoms with E-state index in [1.54, 1.807) is 0 Å². The molecular weight excluding hydrogens is 297 g/mol. The molecule has 0 fully saturated rings. The largest absolute Gasteiger partial charge is 1.00 e. The minimum Gasteiger partial charge on any atom is -1.00 e. The van der Waals surface area contributed by atoms with Gasteiger partial charge in [0.25, 0.3) is 10.1 Å². The zero-order valence-electron chi connectivity index (χ0n) is 15.0. The van der Waals surface area contributed by atoms with Gasteiger partial charge >= 0.3 is 29.6 Å². The van der Waals surface area contributed by atoms with Crippen molar-refractivity contribution in [1.82, 2.24) is 0 Å². The van der Waals surface area contributed by atoms with Gasteiger partial charge in [-0.15, -0.1) is 0 Å². The Morgan fingerprint density at radius 1 is 0.857 bits per heavy atom. The Hall–Kier alpha value is 0.870. The molecule has 0 spiro atoms. The van der Waals surface area contributed by atoms with Crippen LogP contribution in [0.5, 0.6) is 0 Å². The zero-order valence-corrected chi connectivity index (χ0v) is 16.8. The number of nitrogens with two attached hydrogens (primary N) is 1. The van der Waals surface area contributed by atoms with Crippen molar-refractivity contribution < 1.29 is 44.0 Å². The van der Waals surface area contributed by atoms with Gasteiger partial charge in [-0.1, -0.05) is 84.0 Å². The summed E-state index contributed by atoms with van der Waals surface area (Å²) in [5.41, 5.74) is 5.34. The van der Waals surface area contributed by atoms with Crippen molar-refractivity contribution >= 4 is 10.1 Å². The summed E-state index contributed by atoms with van der Waals surface area (Å²) in [4.78, 5) is 0. The molecule has 1 unspecified atom stereocenters. The summed E-state index contributed by atoms with van der Waals surface area (Å²) in [5, 5.41) is -1.11. The van der Waals surface area contributed by atoms with Gasteiger partial charge in [0.05, 0.1) is 0 Å². The smallest absolute Gasteiger partial charge is 1.00 e. The topological polar surface area (TPSA) is 80.4 Å². The van der Waals surface area contributed by atoms with E-state index in [1.165, 1.54) is 57.8 Å². The minimum atomic E-state index is -4.04. The van der Waals surface area contributed by atoms with Crippen LogP contribution in [0.1, 0.15) is 91.8 Å². The Bertz CT molecular complexity index is 316. The standard InChI is InChI=1S/C15H33NO3S.Na.H/c1-2-3-4-5-6-7-8-9-10-11-12-13-14-15(16)20(17,18)19;;/h15H,2-14,16H2,1H3,(H,17,18,19);;/q;+1;-1. The Morgan fingerprint density at radius 3 is 1.52 bits per heavy atom. The molecule has 124 valence electrons. The average Bonchev–Trinajstić information content (AvgIpc) is 2.38. The molecule has 0 radical (unpaired) electrons. The first kappa shape index (κ1) is 24.1. The molecule has 3 N–H and O–H groups in total. The van der Waals surface area contributed by atoms with Crippen LogP contribution in [0.4, 0.5) is 0 Å². The first-order valence-corrected chi connectivity index (χ1v) is 9.70. The fraction of sp³-hybridized carbons (Fsp3) is 1.00. The molecule has 0 aliphatic carbocycles. The molecular formula is C15H34NNaO3S. The molecule has 0 bridgehead atoms. The molecule has 0 aromatic carbocycles. The van der Waals surface area contributed by atoms with E-state index in [2.05, 4.69) is 6.92 Å². The third-order valence-corrected chi connectivity index (χ3v) is 4.73. The van der Waals surface area contributed by atoms with Gasteiger partial charge in [0.2, 0.25) is 0 Å². The molecule has 0 aliphatic rings. The Balaban J connectivity index is -0.00000180. The van der Waals surface area contributed by atoms with Crippen LogP contribution < -0.4 is 35.3 Å². The van der Waals surface area contributed by atoms with Crippen LogP contribution in [0.25, 0.3) is 0 Å². The third kappa shape index (κ3) is 17.1. The summed E-state index contributed by atoms with van der Waals surface area (Å²) in [5.74, 6) is 0. The van der Waals surface area contributed by atoms with Gasteiger partial charge in [-0.2, -0.15) is 8.42 Å². The van der Waals surface area contributed by atoms with E-state index in [4.69, 9.17) is 10.3 Å². The number of rotatable bonds is 14. The molecule has 0 heterocycles. The molecule has 0 amide bonds. The van der Waals surface area contributed by atoms with Gasteiger partial charge in [0, 0.05) is 0 Å². The van der Waals surface area contributed by atoms with Crippen molar-refractivity contribution in [3.63, 3.8) is 0 Å². The van der Waals surface area contributed by atoms with Gasteiger partial charge in [-0.25, -0.2) is 0 Å². The molecule has 0 saturated carbocycles. The summed E-state index contributed by atoms with van der Waals surface area (Å²) in [7, 11) is -4.04. The molecule has 6 heteroatoms. The predicted octanol–water partition coefficient (Wildman–Crippen LogP) is 1.37. The fourth-order valence-corrected chi connectivity index (χ4v) is 2.80. The Kier molecular flexibility index (Phi) is 18.1. The average molecular weight is 331 g/mol. The summed E-state index contributed by atoms with van der Waals surface area (Å²) in [6.45, 7) is 2.24. The van der Waals surface area contributed by atoms with E-state index in [1.807, 2.05) is 0 Å². The third-order valence-electron chi connectivity index (χ3n) is 3.72. The van der Waals surface area contributed by atoms with Crippen LogP contribution in [-0.4, -0.2) is 18.3 Å². The van der Waals surface area contributed by atoms with Crippen LogP contribution in [-0.2, 0) is 10.1 Å². The molecule has 0 aromatic heterocycles. The maximum Gasteiger partial charge on any atom is 1.00 e. The summed E-state index contributed by atoms with van der Waals surface area (Å²) < 4.78 is 30.1. The second-order valence-electron chi connectivity index (χ2n) is 5.73. The molecule has 21 heavy (non-hydrogen) atoms. The quantitative estimate of drug-likeness (QED) is 0.286. The van der Waals surface area contributed by atoms with Crippen molar-refractivity contribution in [3.8, 4) is 0 Å². The molecule has 4 nitrogen and oxygen atoms in total. The molecule has 0 saturated heterocycles. The minimum absolute atomic E-state index is 0. The fourth-order valence-electron chi connectivity index (χ4n) is 2.34. The maximum absolute atomic E-state index is 10.7. The van der Waals surface area contributed by atoms with Gasteiger partial charge in [0.1, 0.15) is 5.37 Å². The Morgan fingerprint density at radius 2 is 1.19 bits per heavy atom. The van der Waals surface area contributed by atoms with E-state index in [0.29, 0.717) is 6.42 Å².